The first kappa shape index (κ1) is 13.4. The Morgan fingerprint density at radius 3 is 1.92 bits per heavy atom. The van der Waals surface area contributed by atoms with E-state index in [0.29, 0.717) is 10.2 Å². The molecule has 0 bridgehead atoms. The lowest BCUT2D eigenvalue weighted by molar-refractivity contribution is 0.272. The third-order valence-electron chi connectivity index (χ3n) is 3.47. The normalized spacial score (nSPS) is 13.4. The molecule has 0 atom stereocenters. The summed E-state index contributed by atoms with van der Waals surface area (Å²) in [6.07, 6.45) is 3.93. The average Bonchev–Trinajstić information content (AvgIpc) is 2.04. The Hall–Kier alpha value is 0.350. The van der Waals surface area contributed by atoms with E-state index in [2.05, 4.69) is 53.3 Å². The van der Waals surface area contributed by atoms with Crippen molar-refractivity contribution in [1.82, 2.24) is 0 Å². The lowest BCUT2D eigenvalue weighted by atomic mass is 9.78. The van der Waals surface area contributed by atoms with Crippen molar-refractivity contribution in [1.29, 1.82) is 0 Å². The Balaban J connectivity index is 4.06. The number of rotatable bonds is 6. The van der Waals surface area contributed by atoms with Crippen LogP contribution in [0.5, 0.6) is 0 Å². The van der Waals surface area contributed by atoms with Crippen LogP contribution in [0.25, 0.3) is 0 Å². The van der Waals surface area contributed by atoms with Crippen LogP contribution in [0.4, 0.5) is 0 Å². The molecule has 0 aliphatic carbocycles. The molecule has 0 spiro atoms. The van der Waals surface area contributed by atoms with Gasteiger partial charge in [-0.15, -0.1) is 0 Å². The SMILES string of the molecule is CCCCSC(C)(C)C(C)(C)CC. The van der Waals surface area contributed by atoms with E-state index in [4.69, 9.17) is 0 Å². The van der Waals surface area contributed by atoms with Gasteiger partial charge in [-0.2, -0.15) is 11.8 Å². The second-order valence-corrected chi connectivity index (χ2v) is 6.67. The number of hydrogen-bond donors (Lipinski definition) is 0. The molecular formula is C12H26S. The smallest absolute Gasteiger partial charge is 0.0154 e. The Kier molecular flexibility index (Phi) is 5.43. The first-order chi connectivity index (χ1) is 5.87. The first-order valence-electron chi connectivity index (χ1n) is 5.51. The van der Waals surface area contributed by atoms with Crippen LogP contribution < -0.4 is 0 Å². The van der Waals surface area contributed by atoms with Gasteiger partial charge < -0.3 is 0 Å². The second-order valence-electron chi connectivity index (χ2n) is 4.95. The molecule has 0 aromatic rings. The van der Waals surface area contributed by atoms with E-state index in [9.17, 15) is 0 Å². The fourth-order valence-electron chi connectivity index (χ4n) is 1.09. The third kappa shape index (κ3) is 3.93. The van der Waals surface area contributed by atoms with E-state index in [0.717, 1.165) is 0 Å². The van der Waals surface area contributed by atoms with Crippen LogP contribution in [0.3, 0.4) is 0 Å². The second kappa shape index (κ2) is 5.29. The molecule has 0 aliphatic heterocycles. The minimum atomic E-state index is 0.414. The van der Waals surface area contributed by atoms with Gasteiger partial charge in [-0.3, -0.25) is 0 Å². The highest BCUT2D eigenvalue weighted by molar-refractivity contribution is 8.00. The number of hydrogen-bond acceptors (Lipinski definition) is 1. The van der Waals surface area contributed by atoms with Gasteiger partial charge in [0.2, 0.25) is 0 Å². The van der Waals surface area contributed by atoms with Crippen LogP contribution in [-0.4, -0.2) is 10.5 Å². The molecule has 0 saturated heterocycles. The van der Waals surface area contributed by atoms with E-state index in [1.165, 1.54) is 25.0 Å². The van der Waals surface area contributed by atoms with Gasteiger partial charge in [0.25, 0.3) is 0 Å². The largest absolute Gasteiger partial charge is 0.155 e. The molecule has 0 radical (unpaired) electrons. The molecular weight excluding hydrogens is 176 g/mol. The van der Waals surface area contributed by atoms with Crippen LogP contribution in [0.2, 0.25) is 0 Å². The zero-order valence-electron chi connectivity index (χ0n) is 10.2. The summed E-state index contributed by atoms with van der Waals surface area (Å²) in [5.41, 5.74) is 0.450. The monoisotopic (exact) mass is 202 g/mol. The Morgan fingerprint density at radius 1 is 1.00 bits per heavy atom. The van der Waals surface area contributed by atoms with Gasteiger partial charge in [-0.1, -0.05) is 48.0 Å². The van der Waals surface area contributed by atoms with Crippen molar-refractivity contribution in [3.8, 4) is 0 Å². The predicted octanol–water partition coefficient (Wildman–Crippen LogP) is 4.73. The lowest BCUT2D eigenvalue weighted by Crippen LogP contribution is -2.35. The molecule has 0 unspecified atom stereocenters. The van der Waals surface area contributed by atoms with Crippen LogP contribution in [0.15, 0.2) is 0 Å². The first-order valence-corrected chi connectivity index (χ1v) is 6.50. The van der Waals surface area contributed by atoms with E-state index in [1.807, 2.05) is 0 Å². The van der Waals surface area contributed by atoms with Crippen molar-refractivity contribution in [2.24, 2.45) is 5.41 Å². The zero-order chi connectivity index (χ0) is 10.5. The van der Waals surface area contributed by atoms with Crippen molar-refractivity contribution in [2.45, 2.75) is 65.6 Å². The van der Waals surface area contributed by atoms with Gasteiger partial charge in [-0.05, 0) is 24.0 Å². The summed E-state index contributed by atoms with van der Waals surface area (Å²) < 4.78 is 0.414. The van der Waals surface area contributed by atoms with Crippen LogP contribution in [0, 0.1) is 5.41 Å². The quantitative estimate of drug-likeness (QED) is 0.561. The third-order valence-corrected chi connectivity index (χ3v) is 5.24. The van der Waals surface area contributed by atoms with E-state index in [-0.39, 0.29) is 0 Å². The molecule has 80 valence electrons. The summed E-state index contributed by atoms with van der Waals surface area (Å²) in [6, 6.07) is 0. The molecule has 0 nitrogen and oxygen atoms in total. The van der Waals surface area contributed by atoms with E-state index in [1.54, 1.807) is 0 Å². The zero-order valence-corrected chi connectivity index (χ0v) is 11.1. The van der Waals surface area contributed by atoms with Crippen molar-refractivity contribution >= 4 is 11.8 Å². The van der Waals surface area contributed by atoms with Crippen LogP contribution >= 0.6 is 11.8 Å². The highest BCUT2D eigenvalue weighted by Gasteiger charge is 2.35. The Morgan fingerprint density at radius 2 is 1.54 bits per heavy atom. The molecule has 0 saturated carbocycles. The van der Waals surface area contributed by atoms with Gasteiger partial charge in [0.1, 0.15) is 0 Å². The minimum absolute atomic E-state index is 0.414. The molecule has 13 heavy (non-hydrogen) atoms. The molecule has 1 heteroatoms. The molecule has 0 N–H and O–H groups in total. The fourth-order valence-corrected chi connectivity index (χ4v) is 2.57. The van der Waals surface area contributed by atoms with Crippen molar-refractivity contribution in [3.63, 3.8) is 0 Å². The molecule has 0 amide bonds. The van der Waals surface area contributed by atoms with Crippen molar-refractivity contribution < 1.29 is 0 Å². The molecule has 0 fully saturated rings. The van der Waals surface area contributed by atoms with Gasteiger partial charge in [0.15, 0.2) is 0 Å². The summed E-state index contributed by atoms with van der Waals surface area (Å²) in [5.74, 6) is 1.31. The van der Waals surface area contributed by atoms with Gasteiger partial charge in [0.05, 0.1) is 0 Å². The number of unbranched alkanes of at least 4 members (excludes halogenated alkanes) is 1. The summed E-state index contributed by atoms with van der Waals surface area (Å²) in [4.78, 5) is 0. The Bertz CT molecular complexity index is 136. The minimum Gasteiger partial charge on any atom is -0.155 e. The summed E-state index contributed by atoms with van der Waals surface area (Å²) in [6.45, 7) is 14.1. The van der Waals surface area contributed by atoms with E-state index >= 15 is 0 Å². The standard InChI is InChI=1S/C12H26S/c1-7-9-10-13-12(5,6)11(3,4)8-2/h7-10H2,1-6H3. The molecule has 0 aromatic heterocycles. The molecule has 0 rings (SSSR count). The lowest BCUT2D eigenvalue weighted by Gasteiger charge is -2.40. The molecule has 0 heterocycles. The molecule has 0 aliphatic rings. The average molecular weight is 202 g/mol. The highest BCUT2D eigenvalue weighted by Crippen LogP contribution is 2.44. The predicted molar refractivity (Wildman–Crippen MR) is 65.5 cm³/mol. The van der Waals surface area contributed by atoms with E-state index < -0.39 is 0 Å². The van der Waals surface area contributed by atoms with Crippen LogP contribution in [-0.2, 0) is 0 Å². The maximum atomic E-state index is 2.39. The fraction of sp³-hybridized carbons (Fsp3) is 1.00. The topological polar surface area (TPSA) is 0 Å². The van der Waals surface area contributed by atoms with Crippen molar-refractivity contribution in [2.75, 3.05) is 5.75 Å². The van der Waals surface area contributed by atoms with Gasteiger partial charge in [-0.25, -0.2) is 0 Å². The van der Waals surface area contributed by atoms with Crippen LogP contribution in [0.1, 0.15) is 60.8 Å². The summed E-state index contributed by atoms with van der Waals surface area (Å²) in [5, 5.41) is 0. The summed E-state index contributed by atoms with van der Waals surface area (Å²) >= 11 is 2.13. The highest BCUT2D eigenvalue weighted by atomic mass is 32.2. The number of thioether (sulfide) groups is 1. The van der Waals surface area contributed by atoms with Gasteiger partial charge >= 0.3 is 0 Å². The maximum absolute atomic E-state index is 2.39. The Labute approximate surface area is 88.9 Å². The van der Waals surface area contributed by atoms with Crippen molar-refractivity contribution in [3.05, 3.63) is 0 Å². The summed E-state index contributed by atoms with van der Waals surface area (Å²) in [7, 11) is 0. The van der Waals surface area contributed by atoms with Gasteiger partial charge in [0, 0.05) is 4.75 Å². The maximum Gasteiger partial charge on any atom is 0.0154 e. The molecule has 0 aromatic carbocycles.